The molecule has 6 nitrogen and oxygen atoms in total. The molecule has 2 unspecified atom stereocenters. The fraction of sp³-hybridized carbons (Fsp3) is 0.500. The highest BCUT2D eigenvalue weighted by Gasteiger charge is 2.23. The van der Waals surface area contributed by atoms with Crippen molar-refractivity contribution in [3.05, 3.63) is 36.5 Å². The zero-order valence-corrected chi connectivity index (χ0v) is 13.2. The Morgan fingerprint density at radius 1 is 1.64 bits per heavy atom. The molecule has 0 saturated carbocycles. The third kappa shape index (κ3) is 4.54. The molecule has 2 rings (SSSR count). The number of hydrogen-bond donors (Lipinski definition) is 2. The Balaban J connectivity index is 1.90. The van der Waals surface area contributed by atoms with Gasteiger partial charge in [0.05, 0.1) is 24.3 Å². The summed E-state index contributed by atoms with van der Waals surface area (Å²) in [7, 11) is 2.09. The summed E-state index contributed by atoms with van der Waals surface area (Å²) < 4.78 is 5.78. The first kappa shape index (κ1) is 16.5. The molecule has 22 heavy (non-hydrogen) atoms. The Kier molecular flexibility index (Phi) is 5.91. The normalized spacial score (nSPS) is 20.2. The van der Waals surface area contributed by atoms with E-state index in [1.807, 2.05) is 6.07 Å². The van der Waals surface area contributed by atoms with Crippen molar-refractivity contribution in [2.24, 2.45) is 0 Å². The summed E-state index contributed by atoms with van der Waals surface area (Å²) >= 11 is 0. The second-order valence-electron chi connectivity index (χ2n) is 5.54. The van der Waals surface area contributed by atoms with Gasteiger partial charge in [0.1, 0.15) is 5.82 Å². The monoisotopic (exact) mass is 304 g/mol. The van der Waals surface area contributed by atoms with E-state index in [0.717, 1.165) is 25.5 Å². The van der Waals surface area contributed by atoms with Crippen molar-refractivity contribution in [3.8, 4) is 0 Å². The molecule has 1 aromatic heterocycles. The Hall–Kier alpha value is -1.92. The zero-order chi connectivity index (χ0) is 15.9. The third-order valence-electron chi connectivity index (χ3n) is 3.66. The highest BCUT2D eigenvalue weighted by Crippen LogP contribution is 2.13. The van der Waals surface area contributed by atoms with Crippen LogP contribution in [0, 0.1) is 0 Å². The maximum atomic E-state index is 11.8. The van der Waals surface area contributed by atoms with E-state index in [1.165, 1.54) is 0 Å². The van der Waals surface area contributed by atoms with Gasteiger partial charge in [-0.1, -0.05) is 6.08 Å². The van der Waals surface area contributed by atoms with Gasteiger partial charge in [-0.15, -0.1) is 6.58 Å². The summed E-state index contributed by atoms with van der Waals surface area (Å²) in [5, 5.41) is 6.05. The molecule has 0 bridgehead atoms. The molecule has 2 N–H and O–H groups in total. The lowest BCUT2D eigenvalue weighted by molar-refractivity contribution is -0.0259. The van der Waals surface area contributed by atoms with Crippen LogP contribution in [-0.2, 0) is 4.74 Å². The molecule has 1 aromatic rings. The molecule has 2 atom stereocenters. The average Bonchev–Trinajstić information content (AvgIpc) is 2.53. The maximum Gasteiger partial charge on any atom is 0.253 e. The van der Waals surface area contributed by atoms with E-state index >= 15 is 0 Å². The van der Waals surface area contributed by atoms with Crippen molar-refractivity contribution in [2.45, 2.75) is 19.1 Å². The number of nitrogens with one attached hydrogen (secondary N) is 2. The summed E-state index contributed by atoms with van der Waals surface area (Å²) in [6.07, 6.45) is 3.35. The Labute approximate surface area is 131 Å². The van der Waals surface area contributed by atoms with Gasteiger partial charge in [-0.2, -0.15) is 0 Å². The van der Waals surface area contributed by atoms with Crippen LogP contribution in [0.5, 0.6) is 0 Å². The van der Waals surface area contributed by atoms with Gasteiger partial charge in [0.25, 0.3) is 5.91 Å². The average molecular weight is 304 g/mol. The first-order chi connectivity index (χ1) is 10.6. The number of carbonyl (C=O) groups excluding carboxylic acids is 1. The molecule has 2 heterocycles. The zero-order valence-electron chi connectivity index (χ0n) is 13.2. The lowest BCUT2D eigenvalue weighted by Crippen LogP contribution is -2.47. The van der Waals surface area contributed by atoms with Gasteiger partial charge in [0.15, 0.2) is 0 Å². The minimum Gasteiger partial charge on any atom is -0.373 e. The first-order valence-electron chi connectivity index (χ1n) is 7.52. The highest BCUT2D eigenvalue weighted by molar-refractivity contribution is 5.94. The van der Waals surface area contributed by atoms with E-state index in [9.17, 15) is 4.79 Å². The van der Waals surface area contributed by atoms with Crippen LogP contribution in [0.2, 0.25) is 0 Å². The van der Waals surface area contributed by atoms with Crippen LogP contribution in [0.4, 0.5) is 5.82 Å². The van der Waals surface area contributed by atoms with Gasteiger partial charge in [-0.05, 0) is 26.1 Å². The standard InChI is InChI=1S/C16H24N4O2/c1-4-7-17-16(21)13-5-6-15(18-10-13)19-12(2)14-11-20(3)8-9-22-14/h4-6,10,12,14H,1,7-9,11H2,2-3H3,(H,17,21)(H,18,19). The van der Waals surface area contributed by atoms with Gasteiger partial charge >= 0.3 is 0 Å². The number of nitrogens with zero attached hydrogens (tertiary/aromatic N) is 2. The molecule has 6 heteroatoms. The van der Waals surface area contributed by atoms with E-state index in [4.69, 9.17) is 4.74 Å². The molecule has 1 aliphatic rings. The van der Waals surface area contributed by atoms with Crippen molar-refractivity contribution < 1.29 is 9.53 Å². The molecular weight excluding hydrogens is 280 g/mol. The second-order valence-corrected chi connectivity index (χ2v) is 5.54. The largest absolute Gasteiger partial charge is 0.373 e. The number of pyridine rings is 1. The number of morpholine rings is 1. The third-order valence-corrected chi connectivity index (χ3v) is 3.66. The van der Waals surface area contributed by atoms with Gasteiger partial charge in [0.2, 0.25) is 0 Å². The van der Waals surface area contributed by atoms with E-state index in [1.54, 1.807) is 18.3 Å². The minimum absolute atomic E-state index is 0.135. The van der Waals surface area contributed by atoms with Crippen molar-refractivity contribution in [1.29, 1.82) is 0 Å². The number of rotatable bonds is 6. The van der Waals surface area contributed by atoms with Crippen molar-refractivity contribution >= 4 is 11.7 Å². The Morgan fingerprint density at radius 3 is 3.09 bits per heavy atom. The number of amides is 1. The molecule has 0 spiro atoms. The predicted molar refractivity (Wildman–Crippen MR) is 87.1 cm³/mol. The van der Waals surface area contributed by atoms with Crippen LogP contribution in [0.3, 0.4) is 0 Å². The minimum atomic E-state index is -0.149. The smallest absolute Gasteiger partial charge is 0.253 e. The number of likely N-dealkylation sites (N-methyl/N-ethyl adjacent to an activating group) is 1. The maximum absolute atomic E-state index is 11.8. The summed E-state index contributed by atoms with van der Waals surface area (Å²) in [6.45, 7) is 8.71. The summed E-state index contributed by atoms with van der Waals surface area (Å²) in [5.41, 5.74) is 0.536. The van der Waals surface area contributed by atoms with Gasteiger partial charge < -0.3 is 20.3 Å². The number of ether oxygens (including phenoxy) is 1. The van der Waals surface area contributed by atoms with Gasteiger partial charge in [0, 0.05) is 25.8 Å². The van der Waals surface area contributed by atoms with Crippen molar-refractivity contribution in [1.82, 2.24) is 15.2 Å². The van der Waals surface area contributed by atoms with Crippen LogP contribution in [0.25, 0.3) is 0 Å². The van der Waals surface area contributed by atoms with E-state index in [0.29, 0.717) is 12.1 Å². The summed E-state index contributed by atoms with van der Waals surface area (Å²) in [5.74, 6) is 0.592. The molecule has 120 valence electrons. The molecule has 0 radical (unpaired) electrons. The van der Waals surface area contributed by atoms with Gasteiger partial charge in [-0.25, -0.2) is 4.98 Å². The highest BCUT2D eigenvalue weighted by atomic mass is 16.5. The Morgan fingerprint density at radius 2 is 2.45 bits per heavy atom. The topological polar surface area (TPSA) is 66.5 Å². The van der Waals surface area contributed by atoms with Crippen molar-refractivity contribution in [2.75, 3.05) is 38.6 Å². The molecule has 1 amide bonds. The Bertz CT molecular complexity index is 503. The SMILES string of the molecule is C=CCNC(=O)c1ccc(NC(C)C2CN(C)CCO2)nc1. The van der Waals surface area contributed by atoms with E-state index < -0.39 is 0 Å². The summed E-state index contributed by atoms with van der Waals surface area (Å²) in [6, 6.07) is 3.72. The fourth-order valence-electron chi connectivity index (χ4n) is 2.32. The molecule has 0 aliphatic carbocycles. The lowest BCUT2D eigenvalue weighted by atomic mass is 10.1. The lowest BCUT2D eigenvalue weighted by Gasteiger charge is -2.34. The molecular formula is C16H24N4O2. The first-order valence-corrected chi connectivity index (χ1v) is 7.52. The number of carbonyl (C=O) groups is 1. The molecule has 1 fully saturated rings. The second kappa shape index (κ2) is 7.91. The fourth-order valence-corrected chi connectivity index (χ4v) is 2.32. The van der Waals surface area contributed by atoms with E-state index in [2.05, 4.69) is 41.1 Å². The predicted octanol–water partition coefficient (Wildman–Crippen LogP) is 1.13. The van der Waals surface area contributed by atoms with Crippen molar-refractivity contribution in [3.63, 3.8) is 0 Å². The summed E-state index contributed by atoms with van der Waals surface area (Å²) in [4.78, 5) is 18.3. The molecule has 1 saturated heterocycles. The van der Waals surface area contributed by atoms with Gasteiger partial charge in [-0.3, -0.25) is 4.79 Å². The molecule has 0 aromatic carbocycles. The van der Waals surface area contributed by atoms with Crippen LogP contribution >= 0.6 is 0 Å². The van der Waals surface area contributed by atoms with Crippen LogP contribution in [0.15, 0.2) is 31.0 Å². The number of aromatic nitrogens is 1. The van der Waals surface area contributed by atoms with Crippen LogP contribution < -0.4 is 10.6 Å². The van der Waals surface area contributed by atoms with Crippen LogP contribution in [-0.4, -0.2) is 61.2 Å². The quantitative estimate of drug-likeness (QED) is 0.771. The number of hydrogen-bond acceptors (Lipinski definition) is 5. The number of anilines is 1. The van der Waals surface area contributed by atoms with Crippen LogP contribution in [0.1, 0.15) is 17.3 Å². The van der Waals surface area contributed by atoms with E-state index in [-0.39, 0.29) is 18.1 Å². The molecule has 1 aliphatic heterocycles.